The molecule has 0 aromatic carbocycles. The highest BCUT2D eigenvalue weighted by atomic mass is 32.1. The Labute approximate surface area is 175 Å². The summed E-state index contributed by atoms with van der Waals surface area (Å²) in [7, 11) is 0. The highest BCUT2D eigenvalue weighted by Gasteiger charge is 2.20. The molecule has 0 bridgehead atoms. The Hall–Kier alpha value is -2.25. The number of nitrogens with one attached hydrogen (secondary N) is 1. The fourth-order valence-corrected chi connectivity index (χ4v) is 4.99. The molecule has 0 unspecified atom stereocenters. The molecular weight excluding hydrogens is 382 g/mol. The number of hydrogen-bond donors (Lipinski definition) is 1. The van der Waals surface area contributed by atoms with Gasteiger partial charge < -0.3 is 9.88 Å². The monoisotopic (exact) mass is 411 g/mol. The summed E-state index contributed by atoms with van der Waals surface area (Å²) < 4.78 is 0. The van der Waals surface area contributed by atoms with Crippen molar-refractivity contribution in [2.24, 2.45) is 5.92 Å². The van der Waals surface area contributed by atoms with Gasteiger partial charge in [-0.25, -0.2) is 9.97 Å². The van der Waals surface area contributed by atoms with Crippen molar-refractivity contribution in [3.05, 3.63) is 51.0 Å². The third kappa shape index (κ3) is 4.36. The van der Waals surface area contributed by atoms with E-state index in [4.69, 9.17) is 4.98 Å². The number of aromatic amines is 1. The van der Waals surface area contributed by atoms with Gasteiger partial charge in [0.1, 0.15) is 16.5 Å². The predicted molar refractivity (Wildman–Crippen MR) is 120 cm³/mol. The van der Waals surface area contributed by atoms with Crippen LogP contribution in [0.1, 0.15) is 36.5 Å². The summed E-state index contributed by atoms with van der Waals surface area (Å²) in [5, 5.41) is 0.802. The molecule has 1 aliphatic heterocycles. The van der Waals surface area contributed by atoms with Gasteiger partial charge in [-0.1, -0.05) is 26.3 Å². The first kappa shape index (κ1) is 20.0. The zero-order chi connectivity index (χ0) is 20.4. The van der Waals surface area contributed by atoms with E-state index in [1.807, 2.05) is 18.3 Å². The minimum atomic E-state index is 0.0137. The van der Waals surface area contributed by atoms with Crippen LogP contribution in [0.15, 0.2) is 29.2 Å². The van der Waals surface area contributed by atoms with Gasteiger partial charge in [0, 0.05) is 37.3 Å². The summed E-state index contributed by atoms with van der Waals surface area (Å²) in [5.41, 5.74) is 1.20. The molecule has 1 saturated heterocycles. The highest BCUT2D eigenvalue weighted by molar-refractivity contribution is 7.18. The van der Waals surface area contributed by atoms with Gasteiger partial charge in [0.25, 0.3) is 5.56 Å². The average Bonchev–Trinajstić information content (AvgIpc) is 3.04. The average molecular weight is 412 g/mol. The van der Waals surface area contributed by atoms with Crippen molar-refractivity contribution in [1.29, 1.82) is 0 Å². The number of thiophene rings is 1. The molecule has 0 aliphatic carbocycles. The molecule has 154 valence electrons. The number of anilines is 1. The van der Waals surface area contributed by atoms with E-state index in [1.165, 1.54) is 10.4 Å². The van der Waals surface area contributed by atoms with Crippen molar-refractivity contribution in [2.45, 2.75) is 40.2 Å². The Bertz CT molecular complexity index is 1020. The maximum atomic E-state index is 12.9. The zero-order valence-electron chi connectivity index (χ0n) is 17.4. The Morgan fingerprint density at radius 2 is 2.03 bits per heavy atom. The van der Waals surface area contributed by atoms with Gasteiger partial charge in [-0.15, -0.1) is 11.3 Å². The summed E-state index contributed by atoms with van der Waals surface area (Å²) >= 11 is 1.65. The van der Waals surface area contributed by atoms with Crippen molar-refractivity contribution < 1.29 is 0 Å². The molecule has 1 N–H and O–H groups in total. The highest BCUT2D eigenvalue weighted by Crippen LogP contribution is 2.29. The molecule has 0 spiro atoms. The van der Waals surface area contributed by atoms with Crippen molar-refractivity contribution in [3.63, 3.8) is 0 Å². The van der Waals surface area contributed by atoms with Crippen LogP contribution in [0.2, 0.25) is 0 Å². The maximum Gasteiger partial charge on any atom is 0.259 e. The van der Waals surface area contributed by atoms with Gasteiger partial charge >= 0.3 is 0 Å². The summed E-state index contributed by atoms with van der Waals surface area (Å²) in [5.74, 6) is 2.37. The lowest BCUT2D eigenvalue weighted by Gasteiger charge is -2.35. The van der Waals surface area contributed by atoms with Gasteiger partial charge in [0.2, 0.25) is 0 Å². The van der Waals surface area contributed by atoms with Gasteiger partial charge in [0.05, 0.1) is 11.9 Å². The van der Waals surface area contributed by atoms with E-state index in [9.17, 15) is 4.79 Å². The largest absolute Gasteiger partial charge is 0.354 e. The Kier molecular flexibility index (Phi) is 5.96. The van der Waals surface area contributed by atoms with Crippen LogP contribution in [0, 0.1) is 12.8 Å². The number of rotatable bonds is 6. The number of nitrogens with zero attached hydrogens (tertiary/aromatic N) is 4. The second kappa shape index (κ2) is 8.63. The molecule has 3 aromatic heterocycles. The van der Waals surface area contributed by atoms with Crippen LogP contribution in [-0.4, -0.2) is 46.0 Å². The van der Waals surface area contributed by atoms with Gasteiger partial charge in [-0.3, -0.25) is 9.69 Å². The Balaban J connectivity index is 1.47. The first-order valence-corrected chi connectivity index (χ1v) is 11.3. The number of aryl methyl sites for hydroxylation is 1. The summed E-state index contributed by atoms with van der Waals surface area (Å²) in [4.78, 5) is 31.9. The van der Waals surface area contributed by atoms with E-state index < -0.39 is 0 Å². The summed E-state index contributed by atoms with van der Waals surface area (Å²) in [6.45, 7) is 11.0. The Morgan fingerprint density at radius 1 is 1.24 bits per heavy atom. The first-order chi connectivity index (χ1) is 14.0. The molecule has 0 amide bonds. The van der Waals surface area contributed by atoms with Crippen LogP contribution < -0.4 is 10.5 Å². The molecule has 1 fully saturated rings. The molecule has 4 rings (SSSR count). The van der Waals surface area contributed by atoms with E-state index in [0.29, 0.717) is 12.5 Å². The number of pyridine rings is 1. The molecule has 4 heterocycles. The molecular formula is C22H29N5OS. The Morgan fingerprint density at radius 3 is 2.72 bits per heavy atom. The molecule has 1 aliphatic rings. The van der Waals surface area contributed by atoms with Gasteiger partial charge in [0.15, 0.2) is 0 Å². The lowest BCUT2D eigenvalue weighted by molar-refractivity contribution is 0.243. The van der Waals surface area contributed by atoms with E-state index in [1.54, 1.807) is 11.3 Å². The van der Waals surface area contributed by atoms with Crippen LogP contribution in [0.4, 0.5) is 5.82 Å². The second-order valence-corrected chi connectivity index (χ2v) is 9.20. The third-order valence-corrected chi connectivity index (χ3v) is 6.92. The number of aromatic nitrogens is 3. The van der Waals surface area contributed by atoms with Crippen LogP contribution in [-0.2, 0) is 13.0 Å². The van der Waals surface area contributed by atoms with Crippen molar-refractivity contribution in [3.8, 4) is 0 Å². The smallest absolute Gasteiger partial charge is 0.259 e. The standard InChI is InChI=1S/C22H29N5OS/c1-4-15(2)13-17-16(3)29-22-20(17)21(28)24-18(25-22)14-26-9-11-27(12-10-26)19-7-5-6-8-23-19/h5-8,15H,4,9-14H2,1-3H3,(H,24,25,28)/t15-/m0/s1. The van der Waals surface area contributed by atoms with E-state index in [2.05, 4.69) is 46.6 Å². The molecule has 0 radical (unpaired) electrons. The fraction of sp³-hybridized carbons (Fsp3) is 0.500. The molecule has 6 nitrogen and oxygen atoms in total. The molecule has 7 heteroatoms. The quantitative estimate of drug-likeness (QED) is 0.671. The van der Waals surface area contributed by atoms with Gasteiger partial charge in [-0.2, -0.15) is 0 Å². The van der Waals surface area contributed by atoms with Crippen molar-refractivity contribution >= 4 is 27.4 Å². The minimum absolute atomic E-state index is 0.0137. The lowest BCUT2D eigenvalue weighted by Crippen LogP contribution is -2.46. The van der Waals surface area contributed by atoms with Crippen LogP contribution in [0.3, 0.4) is 0 Å². The fourth-order valence-electron chi connectivity index (χ4n) is 3.92. The molecule has 0 saturated carbocycles. The number of fused-ring (bicyclic) bond motifs is 1. The summed E-state index contributed by atoms with van der Waals surface area (Å²) in [6.07, 6.45) is 3.90. The maximum absolute atomic E-state index is 12.9. The molecule has 29 heavy (non-hydrogen) atoms. The lowest BCUT2D eigenvalue weighted by atomic mass is 9.98. The number of hydrogen-bond acceptors (Lipinski definition) is 6. The number of H-pyrrole nitrogens is 1. The van der Waals surface area contributed by atoms with Crippen molar-refractivity contribution in [2.75, 3.05) is 31.1 Å². The summed E-state index contributed by atoms with van der Waals surface area (Å²) in [6, 6.07) is 6.02. The molecule has 1 atom stereocenters. The predicted octanol–water partition coefficient (Wildman–Crippen LogP) is 3.60. The topological polar surface area (TPSA) is 65.1 Å². The SMILES string of the molecule is CC[C@H](C)Cc1c(C)sc2nc(CN3CCN(c4ccccn4)CC3)[nH]c(=O)c12. The normalized spacial score (nSPS) is 16.4. The second-order valence-electron chi connectivity index (χ2n) is 8.00. The van der Waals surface area contributed by atoms with Crippen molar-refractivity contribution in [1.82, 2.24) is 19.9 Å². The molecule has 3 aromatic rings. The van der Waals surface area contributed by atoms with Gasteiger partial charge in [-0.05, 0) is 37.0 Å². The van der Waals surface area contributed by atoms with E-state index >= 15 is 0 Å². The minimum Gasteiger partial charge on any atom is -0.354 e. The zero-order valence-corrected chi connectivity index (χ0v) is 18.3. The van der Waals surface area contributed by atoms with Crippen LogP contribution >= 0.6 is 11.3 Å². The third-order valence-electron chi connectivity index (χ3n) is 5.88. The first-order valence-electron chi connectivity index (χ1n) is 10.4. The number of piperazine rings is 1. The van der Waals surface area contributed by atoms with E-state index in [0.717, 1.165) is 60.9 Å². The van der Waals surface area contributed by atoms with Crippen LogP contribution in [0.5, 0.6) is 0 Å². The van der Waals surface area contributed by atoms with Crippen LogP contribution in [0.25, 0.3) is 10.2 Å². The van der Waals surface area contributed by atoms with E-state index in [-0.39, 0.29) is 5.56 Å².